The topological polar surface area (TPSA) is 66.5 Å². The van der Waals surface area contributed by atoms with Crippen molar-refractivity contribution in [2.75, 3.05) is 13.1 Å². The van der Waals surface area contributed by atoms with Gasteiger partial charge in [0.15, 0.2) is 0 Å². The van der Waals surface area contributed by atoms with Crippen LogP contribution in [0.1, 0.15) is 61.5 Å². The van der Waals surface area contributed by atoms with Gasteiger partial charge in [-0.2, -0.15) is 0 Å². The van der Waals surface area contributed by atoms with E-state index in [4.69, 9.17) is 0 Å². The Bertz CT molecular complexity index is 906. The second-order valence-corrected chi connectivity index (χ2v) is 9.28. The number of nitrogens with zero attached hydrogens (tertiary/aromatic N) is 1. The van der Waals surface area contributed by atoms with Crippen LogP contribution in [0.3, 0.4) is 0 Å². The summed E-state index contributed by atoms with van der Waals surface area (Å²) < 4.78 is 0. The minimum absolute atomic E-state index is 0.000993. The van der Waals surface area contributed by atoms with Crippen molar-refractivity contribution in [1.82, 2.24) is 10.2 Å². The van der Waals surface area contributed by atoms with Gasteiger partial charge in [0, 0.05) is 31.1 Å². The first-order valence-electron chi connectivity index (χ1n) is 11.0. The molecule has 2 amide bonds. The zero-order valence-corrected chi connectivity index (χ0v) is 18.7. The molecule has 2 aromatic rings. The molecule has 3 rings (SSSR count). The molecular formula is C26H32N2O3. The van der Waals surface area contributed by atoms with E-state index < -0.39 is 11.7 Å². The molecule has 0 saturated carbocycles. The van der Waals surface area contributed by atoms with Crippen LogP contribution in [0.2, 0.25) is 0 Å². The summed E-state index contributed by atoms with van der Waals surface area (Å²) in [6.07, 6.45) is 2.50. The Morgan fingerprint density at radius 3 is 2.13 bits per heavy atom. The number of hydrogen-bond acceptors (Lipinski definition) is 3. The van der Waals surface area contributed by atoms with Crippen LogP contribution < -0.4 is 5.32 Å². The van der Waals surface area contributed by atoms with Gasteiger partial charge >= 0.3 is 0 Å². The SMILES string of the molecule is CC(C)(C)c1ccc(C(=O)C(=O)N2CCC(NC(=O)CCc3ccccc3)CC2)cc1. The van der Waals surface area contributed by atoms with E-state index in [2.05, 4.69) is 26.1 Å². The number of Topliss-reactive ketones (excluding diaryl/α,β-unsaturated/α-hetero) is 1. The molecule has 0 radical (unpaired) electrons. The van der Waals surface area contributed by atoms with Crippen LogP contribution >= 0.6 is 0 Å². The molecule has 1 N–H and O–H groups in total. The number of piperidine rings is 1. The van der Waals surface area contributed by atoms with Crippen molar-refractivity contribution in [3.63, 3.8) is 0 Å². The van der Waals surface area contributed by atoms with E-state index >= 15 is 0 Å². The van der Waals surface area contributed by atoms with Crippen molar-refractivity contribution in [2.24, 2.45) is 0 Å². The van der Waals surface area contributed by atoms with Gasteiger partial charge in [0.1, 0.15) is 0 Å². The monoisotopic (exact) mass is 420 g/mol. The van der Waals surface area contributed by atoms with Crippen LogP contribution in [-0.4, -0.2) is 41.6 Å². The number of rotatable bonds is 6. The average Bonchev–Trinajstić information content (AvgIpc) is 2.77. The molecule has 5 nitrogen and oxygen atoms in total. The van der Waals surface area contributed by atoms with Gasteiger partial charge in [-0.25, -0.2) is 0 Å². The number of ketones is 1. The maximum absolute atomic E-state index is 12.7. The summed E-state index contributed by atoms with van der Waals surface area (Å²) in [5.74, 6) is -0.896. The summed E-state index contributed by atoms with van der Waals surface area (Å²) in [5.41, 5.74) is 2.70. The molecule has 0 unspecified atom stereocenters. The largest absolute Gasteiger partial charge is 0.353 e. The van der Waals surface area contributed by atoms with Crippen LogP contribution in [0, 0.1) is 0 Å². The van der Waals surface area contributed by atoms with E-state index in [9.17, 15) is 14.4 Å². The fourth-order valence-electron chi connectivity index (χ4n) is 3.82. The molecular weight excluding hydrogens is 388 g/mol. The van der Waals surface area contributed by atoms with Gasteiger partial charge in [0.25, 0.3) is 5.91 Å². The van der Waals surface area contributed by atoms with Gasteiger partial charge in [-0.05, 0) is 35.8 Å². The van der Waals surface area contributed by atoms with E-state index in [1.807, 2.05) is 42.5 Å². The summed E-state index contributed by atoms with van der Waals surface area (Å²) in [6, 6.07) is 17.3. The molecule has 1 heterocycles. The van der Waals surface area contributed by atoms with E-state index in [0.29, 0.717) is 44.3 Å². The summed E-state index contributed by atoms with van der Waals surface area (Å²) in [6.45, 7) is 7.29. The highest BCUT2D eigenvalue weighted by Crippen LogP contribution is 2.22. The Labute approximate surface area is 184 Å². The molecule has 1 fully saturated rings. The van der Waals surface area contributed by atoms with Gasteiger partial charge in [0.2, 0.25) is 11.7 Å². The third-order valence-corrected chi connectivity index (χ3v) is 5.84. The summed E-state index contributed by atoms with van der Waals surface area (Å²) in [4.78, 5) is 39.1. The fraction of sp³-hybridized carbons (Fsp3) is 0.423. The van der Waals surface area contributed by atoms with Crippen LogP contribution in [0.25, 0.3) is 0 Å². The minimum atomic E-state index is -0.467. The normalized spacial score (nSPS) is 14.9. The van der Waals surface area contributed by atoms with Gasteiger partial charge < -0.3 is 10.2 Å². The van der Waals surface area contributed by atoms with Crippen LogP contribution in [0.5, 0.6) is 0 Å². The molecule has 2 aromatic carbocycles. The van der Waals surface area contributed by atoms with Gasteiger partial charge in [-0.15, -0.1) is 0 Å². The van der Waals surface area contributed by atoms with Crippen molar-refractivity contribution in [1.29, 1.82) is 0 Å². The van der Waals surface area contributed by atoms with Crippen LogP contribution in [-0.2, 0) is 21.4 Å². The lowest BCUT2D eigenvalue weighted by Gasteiger charge is -2.32. The number of hydrogen-bond donors (Lipinski definition) is 1. The van der Waals surface area contributed by atoms with E-state index in [1.165, 1.54) is 0 Å². The quantitative estimate of drug-likeness (QED) is 0.569. The summed E-state index contributed by atoms with van der Waals surface area (Å²) in [7, 11) is 0. The van der Waals surface area contributed by atoms with Crippen molar-refractivity contribution in [2.45, 2.75) is 57.9 Å². The molecule has 164 valence electrons. The molecule has 1 aliphatic rings. The third-order valence-electron chi connectivity index (χ3n) is 5.84. The lowest BCUT2D eigenvalue weighted by molar-refractivity contribution is -0.127. The predicted molar refractivity (Wildman–Crippen MR) is 122 cm³/mol. The molecule has 1 saturated heterocycles. The Morgan fingerprint density at radius 1 is 0.935 bits per heavy atom. The first kappa shape index (κ1) is 22.7. The zero-order chi connectivity index (χ0) is 22.4. The van der Waals surface area contributed by atoms with E-state index in [-0.39, 0.29) is 17.4 Å². The molecule has 0 bridgehead atoms. The average molecular weight is 421 g/mol. The number of likely N-dealkylation sites (tertiary alicyclic amines) is 1. The highest BCUT2D eigenvalue weighted by molar-refractivity contribution is 6.42. The zero-order valence-electron chi connectivity index (χ0n) is 18.7. The molecule has 1 aliphatic heterocycles. The lowest BCUT2D eigenvalue weighted by atomic mass is 9.86. The lowest BCUT2D eigenvalue weighted by Crippen LogP contribution is -2.48. The number of nitrogens with one attached hydrogen (secondary N) is 1. The van der Waals surface area contributed by atoms with E-state index in [0.717, 1.165) is 11.1 Å². The Kier molecular flexibility index (Phi) is 7.26. The molecule has 0 spiro atoms. The molecule has 31 heavy (non-hydrogen) atoms. The summed E-state index contributed by atoms with van der Waals surface area (Å²) >= 11 is 0. The first-order chi connectivity index (χ1) is 14.7. The molecule has 0 atom stereocenters. The second kappa shape index (κ2) is 9.90. The Morgan fingerprint density at radius 2 is 1.55 bits per heavy atom. The van der Waals surface area contributed by atoms with Crippen LogP contribution in [0.15, 0.2) is 54.6 Å². The summed E-state index contributed by atoms with van der Waals surface area (Å²) in [5, 5.41) is 3.07. The Hall–Kier alpha value is -2.95. The van der Waals surface area contributed by atoms with Crippen molar-refractivity contribution >= 4 is 17.6 Å². The maximum Gasteiger partial charge on any atom is 0.294 e. The molecule has 0 aromatic heterocycles. The maximum atomic E-state index is 12.7. The highest BCUT2D eigenvalue weighted by Gasteiger charge is 2.28. The molecule has 0 aliphatic carbocycles. The van der Waals surface area contributed by atoms with E-state index in [1.54, 1.807) is 17.0 Å². The number of benzene rings is 2. The first-order valence-corrected chi connectivity index (χ1v) is 11.0. The van der Waals surface area contributed by atoms with Crippen LogP contribution in [0.4, 0.5) is 0 Å². The fourth-order valence-corrected chi connectivity index (χ4v) is 3.82. The van der Waals surface area contributed by atoms with Gasteiger partial charge in [-0.3, -0.25) is 14.4 Å². The van der Waals surface area contributed by atoms with Gasteiger partial charge in [0.05, 0.1) is 0 Å². The van der Waals surface area contributed by atoms with Crippen molar-refractivity contribution in [3.05, 3.63) is 71.3 Å². The Balaban J connectivity index is 1.45. The number of carbonyl (C=O) groups is 3. The van der Waals surface area contributed by atoms with Crippen molar-refractivity contribution in [3.8, 4) is 0 Å². The van der Waals surface area contributed by atoms with Gasteiger partial charge in [-0.1, -0.05) is 75.4 Å². The number of carbonyl (C=O) groups excluding carboxylic acids is 3. The predicted octanol–water partition coefficient (Wildman–Crippen LogP) is 3.91. The number of aryl methyl sites for hydroxylation is 1. The minimum Gasteiger partial charge on any atom is -0.353 e. The second-order valence-electron chi connectivity index (χ2n) is 9.28. The standard InChI is InChI=1S/C26H32N2O3/c1-26(2,3)21-12-10-20(11-13-21)24(30)25(31)28-17-15-22(16-18-28)27-23(29)14-9-19-7-5-4-6-8-19/h4-8,10-13,22H,9,14-18H2,1-3H3,(H,27,29). The van der Waals surface area contributed by atoms with Crippen molar-refractivity contribution < 1.29 is 14.4 Å². The molecule has 5 heteroatoms. The number of amides is 2. The third kappa shape index (κ3) is 6.27. The smallest absolute Gasteiger partial charge is 0.294 e. The highest BCUT2D eigenvalue weighted by atomic mass is 16.2.